The molecule has 1 aliphatic carbocycles. The SMILES string of the molecule is Cc1cc([N+](=O)[O-])ccc1NC(=O)CSc1nnc(-c2ccccc2Cl)n1C1CCCC1. The van der Waals surface area contributed by atoms with Gasteiger partial charge in [-0.05, 0) is 43.5 Å². The fourth-order valence-electron chi connectivity index (χ4n) is 3.91. The summed E-state index contributed by atoms with van der Waals surface area (Å²) in [4.78, 5) is 23.0. The number of anilines is 1. The van der Waals surface area contributed by atoms with Gasteiger partial charge in [0.15, 0.2) is 11.0 Å². The number of benzene rings is 2. The van der Waals surface area contributed by atoms with E-state index in [2.05, 4.69) is 20.1 Å². The molecule has 166 valence electrons. The highest BCUT2D eigenvalue weighted by Crippen LogP contribution is 2.38. The van der Waals surface area contributed by atoms with Gasteiger partial charge in [-0.2, -0.15) is 0 Å². The molecule has 1 saturated carbocycles. The molecule has 0 unspecified atom stereocenters. The molecule has 10 heteroatoms. The van der Waals surface area contributed by atoms with E-state index in [9.17, 15) is 14.9 Å². The lowest BCUT2D eigenvalue weighted by Gasteiger charge is -2.17. The lowest BCUT2D eigenvalue weighted by molar-refractivity contribution is -0.384. The molecule has 1 aromatic heterocycles. The van der Waals surface area contributed by atoms with E-state index in [0.29, 0.717) is 21.4 Å². The molecule has 0 spiro atoms. The van der Waals surface area contributed by atoms with Crippen molar-refractivity contribution in [2.45, 2.75) is 43.8 Å². The van der Waals surface area contributed by atoms with Crippen molar-refractivity contribution in [1.82, 2.24) is 14.8 Å². The van der Waals surface area contributed by atoms with E-state index in [1.54, 1.807) is 13.0 Å². The summed E-state index contributed by atoms with van der Waals surface area (Å²) < 4.78 is 2.11. The molecule has 0 radical (unpaired) electrons. The van der Waals surface area contributed by atoms with Crippen LogP contribution >= 0.6 is 23.4 Å². The summed E-state index contributed by atoms with van der Waals surface area (Å²) in [6.07, 6.45) is 4.37. The molecule has 0 bridgehead atoms. The van der Waals surface area contributed by atoms with Crippen LogP contribution in [-0.2, 0) is 4.79 Å². The predicted molar refractivity (Wildman–Crippen MR) is 125 cm³/mol. The number of carbonyl (C=O) groups excluding carboxylic acids is 1. The molecule has 32 heavy (non-hydrogen) atoms. The maximum absolute atomic E-state index is 12.6. The zero-order chi connectivity index (χ0) is 22.7. The van der Waals surface area contributed by atoms with Crippen LogP contribution in [0, 0.1) is 17.0 Å². The third-order valence-electron chi connectivity index (χ3n) is 5.50. The highest BCUT2D eigenvalue weighted by Gasteiger charge is 2.26. The van der Waals surface area contributed by atoms with Crippen molar-refractivity contribution >= 4 is 40.6 Å². The second-order valence-corrected chi connectivity index (χ2v) is 9.04. The molecule has 1 aliphatic rings. The van der Waals surface area contributed by atoms with Crippen LogP contribution in [0.5, 0.6) is 0 Å². The number of halogens is 1. The molecular formula is C22H22ClN5O3S. The number of nitro benzene ring substituents is 1. The summed E-state index contributed by atoms with van der Waals surface area (Å²) in [5, 5.41) is 23.8. The Labute approximate surface area is 194 Å². The molecule has 2 aromatic carbocycles. The van der Waals surface area contributed by atoms with Gasteiger partial charge in [0.2, 0.25) is 5.91 Å². The monoisotopic (exact) mass is 471 g/mol. The van der Waals surface area contributed by atoms with Gasteiger partial charge < -0.3 is 5.32 Å². The van der Waals surface area contributed by atoms with Gasteiger partial charge in [-0.3, -0.25) is 19.5 Å². The van der Waals surface area contributed by atoms with Crippen LogP contribution in [0.2, 0.25) is 5.02 Å². The maximum Gasteiger partial charge on any atom is 0.269 e. The Morgan fingerprint density at radius 2 is 2.00 bits per heavy atom. The molecule has 0 aliphatic heterocycles. The molecule has 0 atom stereocenters. The number of nitrogens with one attached hydrogen (secondary N) is 1. The lowest BCUT2D eigenvalue weighted by Crippen LogP contribution is -2.16. The number of nitro groups is 1. The van der Waals surface area contributed by atoms with Gasteiger partial charge in [-0.15, -0.1) is 10.2 Å². The smallest absolute Gasteiger partial charge is 0.269 e. The van der Waals surface area contributed by atoms with Gasteiger partial charge in [0.1, 0.15) is 0 Å². The predicted octanol–water partition coefficient (Wildman–Crippen LogP) is 5.66. The molecule has 8 nitrogen and oxygen atoms in total. The fraction of sp³-hybridized carbons (Fsp3) is 0.318. The highest BCUT2D eigenvalue weighted by atomic mass is 35.5. The Morgan fingerprint density at radius 1 is 1.25 bits per heavy atom. The Balaban J connectivity index is 1.51. The quantitative estimate of drug-likeness (QED) is 0.271. The number of hydrogen-bond acceptors (Lipinski definition) is 6. The van der Waals surface area contributed by atoms with Crippen molar-refractivity contribution in [2.24, 2.45) is 0 Å². The highest BCUT2D eigenvalue weighted by molar-refractivity contribution is 7.99. The second-order valence-electron chi connectivity index (χ2n) is 7.69. The third kappa shape index (κ3) is 4.78. The number of aromatic nitrogens is 3. The van der Waals surface area contributed by atoms with Crippen LogP contribution in [0.4, 0.5) is 11.4 Å². The van der Waals surface area contributed by atoms with E-state index in [0.717, 1.165) is 37.1 Å². The average Bonchev–Trinajstić information content (AvgIpc) is 3.43. The van der Waals surface area contributed by atoms with Crippen molar-refractivity contribution in [3.8, 4) is 11.4 Å². The van der Waals surface area contributed by atoms with Crippen molar-refractivity contribution in [3.05, 3.63) is 63.2 Å². The van der Waals surface area contributed by atoms with E-state index in [1.165, 1.54) is 23.9 Å². The zero-order valence-corrected chi connectivity index (χ0v) is 19.0. The van der Waals surface area contributed by atoms with Gasteiger partial charge in [0, 0.05) is 29.4 Å². The van der Waals surface area contributed by atoms with Crippen molar-refractivity contribution in [1.29, 1.82) is 0 Å². The Kier molecular flexibility index (Phi) is 6.76. The Morgan fingerprint density at radius 3 is 2.69 bits per heavy atom. The number of hydrogen-bond donors (Lipinski definition) is 1. The van der Waals surface area contributed by atoms with E-state index < -0.39 is 4.92 Å². The average molecular weight is 472 g/mol. The van der Waals surface area contributed by atoms with Gasteiger partial charge in [-0.25, -0.2) is 0 Å². The number of rotatable bonds is 7. The summed E-state index contributed by atoms with van der Waals surface area (Å²) in [5.41, 5.74) is 2.00. The maximum atomic E-state index is 12.6. The second kappa shape index (κ2) is 9.70. The summed E-state index contributed by atoms with van der Waals surface area (Å²) in [5.74, 6) is 0.646. The van der Waals surface area contributed by atoms with Crippen LogP contribution in [0.1, 0.15) is 37.3 Å². The van der Waals surface area contributed by atoms with Gasteiger partial charge >= 0.3 is 0 Å². The minimum Gasteiger partial charge on any atom is -0.325 e. The number of non-ortho nitro benzene ring substituents is 1. The summed E-state index contributed by atoms with van der Waals surface area (Å²) in [6.45, 7) is 1.72. The van der Waals surface area contributed by atoms with Crippen LogP contribution in [0.3, 0.4) is 0 Å². The van der Waals surface area contributed by atoms with E-state index in [4.69, 9.17) is 11.6 Å². The van der Waals surface area contributed by atoms with Crippen LogP contribution in [0.15, 0.2) is 47.6 Å². The molecule has 3 aromatic rings. The van der Waals surface area contributed by atoms with Crippen molar-refractivity contribution in [2.75, 3.05) is 11.1 Å². The lowest BCUT2D eigenvalue weighted by atomic mass is 10.2. The van der Waals surface area contributed by atoms with E-state index >= 15 is 0 Å². The topological polar surface area (TPSA) is 103 Å². The van der Waals surface area contributed by atoms with Crippen molar-refractivity contribution in [3.63, 3.8) is 0 Å². The minimum absolute atomic E-state index is 0.00774. The van der Waals surface area contributed by atoms with Crippen LogP contribution in [-0.4, -0.2) is 31.3 Å². The van der Waals surface area contributed by atoms with E-state index in [1.807, 2.05) is 24.3 Å². The van der Waals surface area contributed by atoms with E-state index in [-0.39, 0.29) is 23.4 Å². The Hall–Kier alpha value is -2.91. The standard InChI is InChI=1S/C22H22ClN5O3S/c1-14-12-16(28(30)31)10-11-19(14)24-20(29)13-32-22-26-25-21(17-8-4-5-9-18(17)23)27(22)15-6-2-3-7-15/h4-5,8-12,15H,2-3,6-7,13H2,1H3,(H,24,29). The first-order chi connectivity index (χ1) is 15.4. The first-order valence-electron chi connectivity index (χ1n) is 10.3. The van der Waals surface area contributed by atoms with Crippen LogP contribution < -0.4 is 5.32 Å². The van der Waals surface area contributed by atoms with Gasteiger partial charge in [0.05, 0.1) is 15.7 Å². The molecule has 1 amide bonds. The molecule has 1 heterocycles. The molecular weight excluding hydrogens is 450 g/mol. The molecule has 1 N–H and O–H groups in total. The zero-order valence-electron chi connectivity index (χ0n) is 17.5. The minimum atomic E-state index is -0.457. The normalized spacial score (nSPS) is 13.9. The van der Waals surface area contributed by atoms with Gasteiger partial charge in [0.25, 0.3) is 5.69 Å². The number of amides is 1. The molecule has 0 saturated heterocycles. The van der Waals surface area contributed by atoms with Gasteiger partial charge in [-0.1, -0.05) is 48.3 Å². The number of aryl methyl sites for hydroxylation is 1. The number of carbonyl (C=O) groups is 1. The fourth-order valence-corrected chi connectivity index (χ4v) is 4.94. The van der Waals surface area contributed by atoms with Crippen molar-refractivity contribution < 1.29 is 9.72 Å². The molecule has 4 rings (SSSR count). The molecule has 1 fully saturated rings. The summed E-state index contributed by atoms with van der Waals surface area (Å²) >= 11 is 7.74. The number of nitrogens with zero attached hydrogens (tertiary/aromatic N) is 4. The summed E-state index contributed by atoms with van der Waals surface area (Å²) in [7, 11) is 0. The Bertz CT molecular complexity index is 1160. The first kappa shape index (κ1) is 22.3. The largest absolute Gasteiger partial charge is 0.325 e. The third-order valence-corrected chi connectivity index (χ3v) is 6.77. The van der Waals surface area contributed by atoms with Crippen LogP contribution in [0.25, 0.3) is 11.4 Å². The first-order valence-corrected chi connectivity index (χ1v) is 11.7. The summed E-state index contributed by atoms with van der Waals surface area (Å²) in [6, 6.07) is 12.2. The number of thioether (sulfide) groups is 1.